The molecule has 0 bridgehead atoms. The SMILES string of the molecule is CCn1nccc1C(NN)c1oc2ccc(F)cc2c1C. The van der Waals surface area contributed by atoms with Crippen molar-refractivity contribution in [3.63, 3.8) is 0 Å². The Morgan fingerprint density at radius 1 is 1.43 bits per heavy atom. The predicted molar refractivity (Wildman–Crippen MR) is 78.0 cm³/mol. The Balaban J connectivity index is 2.15. The number of nitrogens with zero attached hydrogens (tertiary/aromatic N) is 2. The summed E-state index contributed by atoms with van der Waals surface area (Å²) in [4.78, 5) is 0. The molecule has 0 aliphatic rings. The first-order valence-corrected chi connectivity index (χ1v) is 6.82. The number of furan rings is 1. The van der Waals surface area contributed by atoms with Gasteiger partial charge in [-0.25, -0.2) is 9.82 Å². The van der Waals surface area contributed by atoms with Crippen molar-refractivity contribution in [2.75, 3.05) is 0 Å². The maximum Gasteiger partial charge on any atom is 0.134 e. The molecule has 1 unspecified atom stereocenters. The topological polar surface area (TPSA) is 69.0 Å². The molecule has 0 aliphatic carbocycles. The molecular formula is C15H17FN4O. The van der Waals surface area contributed by atoms with Crippen LogP contribution in [0.15, 0.2) is 34.9 Å². The Kier molecular flexibility index (Phi) is 3.48. The Hall–Kier alpha value is -2.18. The van der Waals surface area contributed by atoms with Crippen molar-refractivity contribution < 1.29 is 8.81 Å². The molecule has 6 heteroatoms. The van der Waals surface area contributed by atoms with Gasteiger partial charge in [-0.05, 0) is 38.1 Å². The second kappa shape index (κ2) is 5.31. The highest BCUT2D eigenvalue weighted by molar-refractivity contribution is 5.82. The van der Waals surface area contributed by atoms with E-state index in [2.05, 4.69) is 10.5 Å². The average Bonchev–Trinajstić information content (AvgIpc) is 3.07. The maximum atomic E-state index is 13.4. The standard InChI is InChI=1S/C15H17FN4O/c1-3-20-12(6-7-18-20)14(19-17)15-9(2)11-8-10(16)4-5-13(11)21-15/h4-8,14,19H,3,17H2,1-2H3. The Morgan fingerprint density at radius 3 is 2.95 bits per heavy atom. The van der Waals surface area contributed by atoms with E-state index in [9.17, 15) is 4.39 Å². The normalized spacial score (nSPS) is 13.0. The van der Waals surface area contributed by atoms with Crippen molar-refractivity contribution in [3.8, 4) is 0 Å². The number of hydrogen-bond donors (Lipinski definition) is 2. The zero-order valence-corrected chi connectivity index (χ0v) is 11.9. The first kappa shape index (κ1) is 13.8. The fraction of sp³-hybridized carbons (Fsp3) is 0.267. The van der Waals surface area contributed by atoms with Crippen LogP contribution in [0.1, 0.15) is 30.0 Å². The van der Waals surface area contributed by atoms with Gasteiger partial charge in [0.05, 0.1) is 5.69 Å². The Bertz CT molecular complexity index is 777. The van der Waals surface area contributed by atoms with Gasteiger partial charge in [-0.1, -0.05) is 0 Å². The minimum Gasteiger partial charge on any atom is -0.459 e. The fourth-order valence-corrected chi connectivity index (χ4v) is 2.64. The zero-order chi connectivity index (χ0) is 15.0. The molecule has 0 fully saturated rings. The molecule has 5 nitrogen and oxygen atoms in total. The van der Waals surface area contributed by atoms with E-state index in [4.69, 9.17) is 10.3 Å². The van der Waals surface area contributed by atoms with Gasteiger partial charge in [-0.3, -0.25) is 10.5 Å². The van der Waals surface area contributed by atoms with Crippen molar-refractivity contribution in [2.45, 2.75) is 26.4 Å². The molecule has 1 atom stereocenters. The van der Waals surface area contributed by atoms with Gasteiger partial charge in [-0.2, -0.15) is 5.10 Å². The van der Waals surface area contributed by atoms with Crippen LogP contribution in [0.2, 0.25) is 0 Å². The molecule has 1 aromatic carbocycles. The predicted octanol–water partition coefficient (Wildman–Crippen LogP) is 2.65. The van der Waals surface area contributed by atoms with Gasteiger partial charge in [0, 0.05) is 23.7 Å². The maximum absolute atomic E-state index is 13.4. The van der Waals surface area contributed by atoms with Gasteiger partial charge in [0.25, 0.3) is 0 Å². The van der Waals surface area contributed by atoms with E-state index in [1.807, 2.05) is 24.6 Å². The summed E-state index contributed by atoms with van der Waals surface area (Å²) in [6.07, 6.45) is 1.72. The van der Waals surface area contributed by atoms with Gasteiger partial charge >= 0.3 is 0 Å². The number of aryl methyl sites for hydroxylation is 2. The van der Waals surface area contributed by atoms with E-state index in [1.54, 1.807) is 12.3 Å². The van der Waals surface area contributed by atoms with Crippen molar-refractivity contribution in [1.82, 2.24) is 15.2 Å². The smallest absolute Gasteiger partial charge is 0.134 e. The van der Waals surface area contributed by atoms with E-state index in [-0.39, 0.29) is 11.9 Å². The number of benzene rings is 1. The van der Waals surface area contributed by atoms with E-state index < -0.39 is 0 Å². The lowest BCUT2D eigenvalue weighted by molar-refractivity contribution is 0.448. The van der Waals surface area contributed by atoms with Gasteiger partial charge < -0.3 is 4.42 Å². The van der Waals surface area contributed by atoms with Crippen LogP contribution in [0.25, 0.3) is 11.0 Å². The zero-order valence-electron chi connectivity index (χ0n) is 11.9. The molecule has 3 rings (SSSR count). The first-order chi connectivity index (χ1) is 10.2. The molecule has 2 aromatic heterocycles. The van der Waals surface area contributed by atoms with Gasteiger partial charge in [-0.15, -0.1) is 0 Å². The van der Waals surface area contributed by atoms with Gasteiger partial charge in [0.15, 0.2) is 0 Å². The minimum absolute atomic E-state index is 0.284. The number of hydrazine groups is 1. The van der Waals surface area contributed by atoms with Crippen LogP contribution in [0.5, 0.6) is 0 Å². The summed E-state index contributed by atoms with van der Waals surface area (Å²) in [7, 11) is 0. The molecule has 0 saturated heterocycles. The average molecular weight is 288 g/mol. The Morgan fingerprint density at radius 2 is 2.24 bits per heavy atom. The molecule has 3 N–H and O–H groups in total. The minimum atomic E-state index is -0.331. The van der Waals surface area contributed by atoms with Crippen LogP contribution >= 0.6 is 0 Å². The second-order valence-corrected chi connectivity index (χ2v) is 4.90. The molecule has 110 valence electrons. The van der Waals surface area contributed by atoms with Crippen molar-refractivity contribution in [2.24, 2.45) is 5.84 Å². The third-order valence-corrected chi connectivity index (χ3v) is 3.71. The van der Waals surface area contributed by atoms with Crippen molar-refractivity contribution in [3.05, 3.63) is 53.3 Å². The van der Waals surface area contributed by atoms with Crippen LogP contribution in [0.4, 0.5) is 4.39 Å². The number of rotatable bonds is 4. The monoisotopic (exact) mass is 288 g/mol. The number of aromatic nitrogens is 2. The summed E-state index contributed by atoms with van der Waals surface area (Å²) < 4.78 is 21.1. The highest BCUT2D eigenvalue weighted by Crippen LogP contribution is 2.32. The lowest BCUT2D eigenvalue weighted by Gasteiger charge is -2.15. The summed E-state index contributed by atoms with van der Waals surface area (Å²) in [6, 6.07) is 6.05. The molecule has 2 heterocycles. The fourth-order valence-electron chi connectivity index (χ4n) is 2.64. The summed E-state index contributed by atoms with van der Waals surface area (Å²) in [5.41, 5.74) is 5.19. The number of nitrogens with two attached hydrogens (primary N) is 1. The molecular weight excluding hydrogens is 271 g/mol. The highest BCUT2D eigenvalue weighted by atomic mass is 19.1. The van der Waals surface area contributed by atoms with Crippen molar-refractivity contribution >= 4 is 11.0 Å². The molecule has 0 radical (unpaired) electrons. The van der Waals surface area contributed by atoms with Gasteiger partial charge in [0.2, 0.25) is 0 Å². The van der Waals surface area contributed by atoms with E-state index >= 15 is 0 Å². The third kappa shape index (κ3) is 2.22. The summed E-state index contributed by atoms with van der Waals surface area (Å²) in [5, 5.41) is 5.00. The second-order valence-electron chi connectivity index (χ2n) is 4.90. The third-order valence-electron chi connectivity index (χ3n) is 3.71. The van der Waals surface area contributed by atoms with E-state index in [0.717, 1.165) is 23.2 Å². The lowest BCUT2D eigenvalue weighted by atomic mass is 10.1. The van der Waals surface area contributed by atoms with Crippen LogP contribution < -0.4 is 11.3 Å². The van der Waals surface area contributed by atoms with E-state index in [1.165, 1.54) is 12.1 Å². The highest BCUT2D eigenvalue weighted by Gasteiger charge is 2.24. The number of nitrogens with one attached hydrogen (secondary N) is 1. The van der Waals surface area contributed by atoms with Crippen LogP contribution in [0, 0.1) is 12.7 Å². The largest absolute Gasteiger partial charge is 0.459 e. The molecule has 0 saturated carbocycles. The van der Waals surface area contributed by atoms with Crippen molar-refractivity contribution in [1.29, 1.82) is 0 Å². The quantitative estimate of drug-likeness (QED) is 0.572. The summed E-state index contributed by atoms with van der Waals surface area (Å²) in [5.74, 6) is 6.11. The summed E-state index contributed by atoms with van der Waals surface area (Å²) in [6.45, 7) is 4.64. The summed E-state index contributed by atoms with van der Waals surface area (Å²) >= 11 is 0. The molecule has 21 heavy (non-hydrogen) atoms. The molecule has 0 amide bonds. The Labute approximate surface area is 121 Å². The number of hydrogen-bond acceptors (Lipinski definition) is 4. The van der Waals surface area contributed by atoms with Gasteiger partial charge in [0.1, 0.15) is 23.2 Å². The number of fused-ring (bicyclic) bond motifs is 1. The van der Waals surface area contributed by atoms with Crippen LogP contribution in [-0.4, -0.2) is 9.78 Å². The van der Waals surface area contributed by atoms with Crippen LogP contribution in [0.3, 0.4) is 0 Å². The number of halogens is 1. The first-order valence-electron chi connectivity index (χ1n) is 6.82. The van der Waals surface area contributed by atoms with Crippen LogP contribution in [-0.2, 0) is 6.54 Å². The molecule has 0 spiro atoms. The van der Waals surface area contributed by atoms with E-state index in [0.29, 0.717) is 11.3 Å². The molecule has 3 aromatic rings. The lowest BCUT2D eigenvalue weighted by Crippen LogP contribution is -2.30. The molecule has 0 aliphatic heterocycles.